The molecule has 6 heteroatoms. The van der Waals surface area contributed by atoms with Crippen molar-refractivity contribution < 1.29 is 4.92 Å². The van der Waals surface area contributed by atoms with Gasteiger partial charge in [0.25, 0.3) is 5.69 Å². The Hall–Kier alpha value is -1.50. The summed E-state index contributed by atoms with van der Waals surface area (Å²) in [5, 5.41) is 13.7. The minimum Gasteiger partial charge on any atom is -0.327 e. The standard InChI is InChI=1S/C12H20N4O2/c1-9(13)7-15-8-11(14)6-10-2-4-12(5-3-10)16(17)18/h2-5,9,11,15H,6-8,13-14H2,1H3/t9?,11-/m0/s1. The number of nitrogens with two attached hydrogens (primary N) is 2. The lowest BCUT2D eigenvalue weighted by atomic mass is 10.1. The van der Waals surface area contributed by atoms with Crippen LogP contribution in [0.4, 0.5) is 5.69 Å². The molecule has 1 rings (SSSR count). The van der Waals surface area contributed by atoms with Gasteiger partial charge in [0.2, 0.25) is 0 Å². The third-order valence-corrected chi connectivity index (χ3v) is 2.52. The van der Waals surface area contributed by atoms with E-state index in [1.165, 1.54) is 12.1 Å². The van der Waals surface area contributed by atoms with Gasteiger partial charge < -0.3 is 16.8 Å². The van der Waals surface area contributed by atoms with E-state index < -0.39 is 4.92 Å². The van der Waals surface area contributed by atoms with Crippen molar-refractivity contribution in [3.05, 3.63) is 39.9 Å². The second-order valence-corrected chi connectivity index (χ2v) is 4.52. The Morgan fingerprint density at radius 3 is 2.39 bits per heavy atom. The average molecular weight is 252 g/mol. The van der Waals surface area contributed by atoms with E-state index >= 15 is 0 Å². The Bertz CT molecular complexity index is 378. The Kier molecular flexibility index (Phi) is 5.70. The van der Waals surface area contributed by atoms with E-state index in [9.17, 15) is 10.1 Å². The summed E-state index contributed by atoms with van der Waals surface area (Å²) < 4.78 is 0. The summed E-state index contributed by atoms with van der Waals surface area (Å²) in [5.41, 5.74) is 12.7. The summed E-state index contributed by atoms with van der Waals surface area (Å²) >= 11 is 0. The van der Waals surface area contributed by atoms with Crippen LogP contribution in [0.5, 0.6) is 0 Å². The first-order valence-electron chi connectivity index (χ1n) is 5.94. The van der Waals surface area contributed by atoms with Crippen LogP contribution in [0.25, 0.3) is 0 Å². The minimum atomic E-state index is -0.409. The SMILES string of the molecule is CC(N)CNC[C@@H](N)Cc1ccc([N+](=O)[O-])cc1. The lowest BCUT2D eigenvalue weighted by molar-refractivity contribution is -0.384. The molecule has 5 N–H and O–H groups in total. The molecule has 0 aliphatic carbocycles. The summed E-state index contributed by atoms with van der Waals surface area (Å²) in [6.07, 6.45) is 0.684. The Morgan fingerprint density at radius 1 is 1.28 bits per heavy atom. The van der Waals surface area contributed by atoms with Gasteiger partial charge in [-0.05, 0) is 18.9 Å². The highest BCUT2D eigenvalue weighted by atomic mass is 16.6. The summed E-state index contributed by atoms with van der Waals surface area (Å²) in [6.45, 7) is 3.33. The topological polar surface area (TPSA) is 107 Å². The predicted octanol–water partition coefficient (Wildman–Crippen LogP) is 0.401. The van der Waals surface area contributed by atoms with Crippen molar-refractivity contribution in [2.75, 3.05) is 13.1 Å². The molecule has 0 aromatic heterocycles. The molecular weight excluding hydrogens is 232 g/mol. The first-order valence-corrected chi connectivity index (χ1v) is 5.94. The molecule has 100 valence electrons. The van der Waals surface area contributed by atoms with Gasteiger partial charge in [0.15, 0.2) is 0 Å². The van der Waals surface area contributed by atoms with Gasteiger partial charge in [0.1, 0.15) is 0 Å². The molecule has 0 fully saturated rings. The number of nitrogens with one attached hydrogen (secondary N) is 1. The lowest BCUT2D eigenvalue weighted by Crippen LogP contribution is -2.40. The van der Waals surface area contributed by atoms with Gasteiger partial charge in [-0.3, -0.25) is 10.1 Å². The van der Waals surface area contributed by atoms with Gasteiger partial charge in [-0.15, -0.1) is 0 Å². The molecule has 0 aliphatic rings. The molecule has 0 aliphatic heterocycles. The largest absolute Gasteiger partial charge is 0.327 e. The molecule has 6 nitrogen and oxygen atoms in total. The maximum absolute atomic E-state index is 10.5. The van der Waals surface area contributed by atoms with Crippen LogP contribution >= 0.6 is 0 Å². The zero-order valence-corrected chi connectivity index (χ0v) is 10.5. The van der Waals surface area contributed by atoms with Crippen LogP contribution in [0.1, 0.15) is 12.5 Å². The van der Waals surface area contributed by atoms with Gasteiger partial charge in [-0.1, -0.05) is 12.1 Å². The lowest BCUT2D eigenvalue weighted by Gasteiger charge is -2.14. The first kappa shape index (κ1) is 14.6. The summed E-state index contributed by atoms with van der Waals surface area (Å²) in [6, 6.07) is 6.56. The molecule has 0 radical (unpaired) electrons. The van der Waals surface area contributed by atoms with Crippen molar-refractivity contribution >= 4 is 5.69 Å². The molecule has 1 aromatic carbocycles. The van der Waals surface area contributed by atoms with E-state index in [2.05, 4.69) is 5.32 Å². The normalized spacial score (nSPS) is 14.2. The van der Waals surface area contributed by atoms with Crippen molar-refractivity contribution in [1.29, 1.82) is 0 Å². The van der Waals surface area contributed by atoms with E-state index in [4.69, 9.17) is 11.5 Å². The fourth-order valence-electron chi connectivity index (χ4n) is 1.63. The fraction of sp³-hybridized carbons (Fsp3) is 0.500. The number of benzene rings is 1. The number of hydrogen-bond acceptors (Lipinski definition) is 5. The van der Waals surface area contributed by atoms with E-state index in [0.29, 0.717) is 13.0 Å². The molecule has 0 bridgehead atoms. The highest BCUT2D eigenvalue weighted by Crippen LogP contribution is 2.12. The highest BCUT2D eigenvalue weighted by molar-refractivity contribution is 5.33. The van der Waals surface area contributed by atoms with Crippen molar-refractivity contribution in [3.63, 3.8) is 0 Å². The van der Waals surface area contributed by atoms with Crippen LogP contribution in [0.15, 0.2) is 24.3 Å². The number of nitro groups is 1. The molecule has 0 saturated heterocycles. The molecule has 1 unspecified atom stereocenters. The van der Waals surface area contributed by atoms with Crippen molar-refractivity contribution in [2.45, 2.75) is 25.4 Å². The number of hydrogen-bond donors (Lipinski definition) is 3. The Labute approximate surface area is 107 Å². The van der Waals surface area contributed by atoms with E-state index in [1.54, 1.807) is 12.1 Å². The molecule has 18 heavy (non-hydrogen) atoms. The smallest absolute Gasteiger partial charge is 0.269 e. The van der Waals surface area contributed by atoms with Crippen LogP contribution in [0, 0.1) is 10.1 Å². The minimum absolute atomic E-state index is 0.0230. The molecule has 0 amide bonds. The van der Waals surface area contributed by atoms with Gasteiger partial charge in [-0.25, -0.2) is 0 Å². The van der Waals surface area contributed by atoms with E-state index in [1.807, 2.05) is 6.92 Å². The van der Waals surface area contributed by atoms with Crippen molar-refractivity contribution in [2.24, 2.45) is 11.5 Å². The zero-order valence-electron chi connectivity index (χ0n) is 10.5. The maximum Gasteiger partial charge on any atom is 0.269 e. The average Bonchev–Trinajstić information content (AvgIpc) is 2.29. The zero-order chi connectivity index (χ0) is 13.5. The number of nitro benzene ring substituents is 1. The van der Waals surface area contributed by atoms with Crippen LogP contribution in [-0.2, 0) is 6.42 Å². The van der Waals surface area contributed by atoms with Gasteiger partial charge in [0.05, 0.1) is 4.92 Å². The molecule has 0 saturated carbocycles. The maximum atomic E-state index is 10.5. The van der Waals surface area contributed by atoms with Crippen molar-refractivity contribution in [1.82, 2.24) is 5.32 Å². The second kappa shape index (κ2) is 7.05. The van der Waals surface area contributed by atoms with Crippen LogP contribution < -0.4 is 16.8 Å². The number of nitrogens with zero attached hydrogens (tertiary/aromatic N) is 1. The van der Waals surface area contributed by atoms with Crippen molar-refractivity contribution in [3.8, 4) is 0 Å². The molecule has 2 atom stereocenters. The molecule has 0 spiro atoms. The summed E-state index contributed by atoms with van der Waals surface area (Å²) in [4.78, 5) is 10.1. The molecule has 0 heterocycles. The van der Waals surface area contributed by atoms with Crippen LogP contribution in [0.3, 0.4) is 0 Å². The highest BCUT2D eigenvalue weighted by Gasteiger charge is 2.07. The molecule has 1 aromatic rings. The molecular formula is C12H20N4O2. The van der Waals surface area contributed by atoms with Crippen LogP contribution in [-0.4, -0.2) is 30.1 Å². The first-order chi connectivity index (χ1) is 8.49. The third-order valence-electron chi connectivity index (χ3n) is 2.52. The summed E-state index contributed by atoms with van der Waals surface area (Å²) in [5.74, 6) is 0. The summed E-state index contributed by atoms with van der Waals surface area (Å²) in [7, 11) is 0. The van der Waals surface area contributed by atoms with Gasteiger partial charge in [-0.2, -0.15) is 0 Å². The monoisotopic (exact) mass is 252 g/mol. The number of non-ortho nitro benzene ring substituents is 1. The van der Waals surface area contributed by atoms with Gasteiger partial charge in [0, 0.05) is 37.3 Å². The van der Waals surface area contributed by atoms with Crippen LogP contribution in [0.2, 0.25) is 0 Å². The Balaban J connectivity index is 2.39. The third kappa shape index (κ3) is 5.22. The fourth-order valence-corrected chi connectivity index (χ4v) is 1.63. The Morgan fingerprint density at radius 2 is 1.89 bits per heavy atom. The predicted molar refractivity (Wildman–Crippen MR) is 71.3 cm³/mol. The number of rotatable bonds is 7. The van der Waals surface area contributed by atoms with E-state index in [-0.39, 0.29) is 17.8 Å². The van der Waals surface area contributed by atoms with E-state index in [0.717, 1.165) is 12.1 Å². The van der Waals surface area contributed by atoms with Gasteiger partial charge >= 0.3 is 0 Å². The quantitative estimate of drug-likeness (QED) is 0.481. The second-order valence-electron chi connectivity index (χ2n) is 4.52.